The Morgan fingerprint density at radius 2 is 1.82 bits per heavy atom. The largest absolute Gasteiger partial charge is 0.350 e. The summed E-state index contributed by atoms with van der Waals surface area (Å²) in [4.78, 5) is 43.2. The summed E-state index contributed by atoms with van der Waals surface area (Å²) in [6.07, 6.45) is 1.38. The zero-order valence-corrected chi connectivity index (χ0v) is 16.3. The van der Waals surface area contributed by atoms with Gasteiger partial charge in [-0.25, -0.2) is 9.78 Å². The van der Waals surface area contributed by atoms with Gasteiger partial charge in [-0.05, 0) is 25.7 Å². The third-order valence-electron chi connectivity index (χ3n) is 4.82. The molecule has 1 aromatic carbocycles. The molecule has 3 aromatic rings. The highest BCUT2D eigenvalue weighted by Gasteiger charge is 2.17. The van der Waals surface area contributed by atoms with Gasteiger partial charge >= 0.3 is 5.69 Å². The molecule has 28 heavy (non-hydrogen) atoms. The van der Waals surface area contributed by atoms with Crippen LogP contribution in [-0.4, -0.2) is 45.6 Å². The van der Waals surface area contributed by atoms with Gasteiger partial charge in [0.15, 0.2) is 0 Å². The van der Waals surface area contributed by atoms with Crippen LogP contribution in [0, 0.1) is 0 Å². The number of benzene rings is 1. The van der Waals surface area contributed by atoms with Crippen molar-refractivity contribution in [1.82, 2.24) is 24.3 Å². The molecule has 0 spiro atoms. The van der Waals surface area contributed by atoms with Gasteiger partial charge < -0.3 is 10.2 Å². The van der Waals surface area contributed by atoms with E-state index in [0.29, 0.717) is 6.54 Å². The first-order chi connectivity index (χ1) is 13.3. The minimum atomic E-state index is -0.476. The molecule has 0 aliphatic rings. The summed E-state index contributed by atoms with van der Waals surface area (Å²) in [6.45, 7) is 0.402. The highest BCUT2D eigenvalue weighted by Crippen LogP contribution is 2.17. The van der Waals surface area contributed by atoms with Crippen molar-refractivity contribution >= 4 is 16.9 Å². The predicted octanol–water partition coefficient (Wildman–Crippen LogP) is 0.665. The minimum Gasteiger partial charge on any atom is -0.350 e. The second kappa shape index (κ2) is 7.77. The van der Waals surface area contributed by atoms with Crippen LogP contribution in [0.25, 0.3) is 11.0 Å². The van der Waals surface area contributed by atoms with E-state index in [1.54, 1.807) is 7.05 Å². The average Bonchev–Trinajstić information content (AvgIpc) is 2.70. The highest BCUT2D eigenvalue weighted by atomic mass is 16.2. The number of fused-ring (bicyclic) bond motifs is 1. The van der Waals surface area contributed by atoms with Crippen LogP contribution >= 0.6 is 0 Å². The van der Waals surface area contributed by atoms with E-state index in [2.05, 4.69) is 10.3 Å². The molecule has 0 aliphatic carbocycles. The number of likely N-dealkylation sites (N-methyl/N-ethyl adjacent to an activating group) is 1. The normalized spacial score (nSPS) is 12.3. The number of aryl methyl sites for hydroxylation is 1. The molecule has 2 aromatic heterocycles. The number of rotatable bonds is 5. The summed E-state index contributed by atoms with van der Waals surface area (Å²) >= 11 is 0. The Kier molecular flexibility index (Phi) is 5.41. The van der Waals surface area contributed by atoms with Crippen LogP contribution in [0.5, 0.6) is 0 Å². The Bertz CT molecular complexity index is 1130. The first-order valence-corrected chi connectivity index (χ1v) is 8.86. The number of nitrogens with zero attached hydrogens (tertiary/aromatic N) is 4. The summed E-state index contributed by atoms with van der Waals surface area (Å²) in [5.74, 6) is -0.326. The molecule has 1 N–H and O–H groups in total. The number of carbonyl (C=O) groups is 1. The van der Waals surface area contributed by atoms with Gasteiger partial charge in [-0.1, -0.05) is 30.3 Å². The van der Waals surface area contributed by atoms with Crippen LogP contribution in [0.1, 0.15) is 22.0 Å². The lowest BCUT2D eigenvalue weighted by Gasteiger charge is -2.25. The third kappa shape index (κ3) is 3.59. The van der Waals surface area contributed by atoms with Gasteiger partial charge in [-0.15, -0.1) is 0 Å². The molecule has 1 unspecified atom stereocenters. The van der Waals surface area contributed by atoms with Crippen LogP contribution in [0.4, 0.5) is 0 Å². The molecule has 1 amide bonds. The number of carbonyl (C=O) groups excluding carboxylic acids is 1. The van der Waals surface area contributed by atoms with Gasteiger partial charge in [0, 0.05) is 26.8 Å². The number of pyridine rings is 1. The van der Waals surface area contributed by atoms with Crippen molar-refractivity contribution in [2.24, 2.45) is 14.1 Å². The molecule has 0 fully saturated rings. The lowest BCUT2D eigenvalue weighted by Crippen LogP contribution is -2.38. The fourth-order valence-corrected chi connectivity index (χ4v) is 3.15. The number of aromatic nitrogens is 3. The summed E-state index contributed by atoms with van der Waals surface area (Å²) in [5.41, 5.74) is 0.678. The van der Waals surface area contributed by atoms with Crippen LogP contribution in [0.2, 0.25) is 0 Å². The number of nitrogens with one attached hydrogen (secondary N) is 1. The van der Waals surface area contributed by atoms with Crippen LogP contribution in [0.15, 0.2) is 52.2 Å². The van der Waals surface area contributed by atoms with Gasteiger partial charge in [0.05, 0.1) is 17.0 Å². The van der Waals surface area contributed by atoms with Gasteiger partial charge in [0.1, 0.15) is 5.65 Å². The molecular weight excluding hydrogens is 358 g/mol. The fraction of sp³-hybridized carbons (Fsp3) is 0.300. The minimum absolute atomic E-state index is 0.00672. The first-order valence-electron chi connectivity index (χ1n) is 8.86. The smallest absolute Gasteiger partial charge is 0.332 e. The number of amides is 1. The van der Waals surface area contributed by atoms with Gasteiger partial charge in [-0.3, -0.25) is 18.7 Å². The highest BCUT2D eigenvalue weighted by molar-refractivity contribution is 5.96. The monoisotopic (exact) mass is 381 g/mol. The van der Waals surface area contributed by atoms with E-state index in [9.17, 15) is 14.4 Å². The molecule has 8 nitrogen and oxygen atoms in total. The maximum Gasteiger partial charge on any atom is 0.332 e. The number of hydrogen-bond acceptors (Lipinski definition) is 5. The Labute approximate surface area is 162 Å². The third-order valence-corrected chi connectivity index (χ3v) is 4.82. The Morgan fingerprint density at radius 1 is 1.14 bits per heavy atom. The lowest BCUT2D eigenvalue weighted by atomic mass is 10.1. The van der Waals surface area contributed by atoms with E-state index in [0.717, 1.165) is 10.1 Å². The second-order valence-corrected chi connectivity index (χ2v) is 6.90. The predicted molar refractivity (Wildman–Crippen MR) is 107 cm³/mol. The van der Waals surface area contributed by atoms with E-state index in [4.69, 9.17) is 0 Å². The van der Waals surface area contributed by atoms with Gasteiger partial charge in [0.2, 0.25) is 0 Å². The second-order valence-electron chi connectivity index (χ2n) is 6.90. The molecule has 8 heteroatoms. The van der Waals surface area contributed by atoms with E-state index in [-0.39, 0.29) is 28.5 Å². The van der Waals surface area contributed by atoms with E-state index >= 15 is 0 Å². The molecule has 0 aliphatic heterocycles. The Morgan fingerprint density at radius 3 is 2.46 bits per heavy atom. The zero-order valence-electron chi connectivity index (χ0n) is 16.3. The van der Waals surface area contributed by atoms with Crippen LogP contribution in [-0.2, 0) is 14.1 Å². The maximum atomic E-state index is 12.6. The van der Waals surface area contributed by atoms with E-state index in [1.165, 1.54) is 23.9 Å². The molecule has 0 bridgehead atoms. The zero-order chi connectivity index (χ0) is 20.4. The van der Waals surface area contributed by atoms with Crippen molar-refractivity contribution in [3.05, 3.63) is 74.6 Å². The molecule has 1 atom stereocenters. The average molecular weight is 381 g/mol. The molecule has 146 valence electrons. The summed E-state index contributed by atoms with van der Waals surface area (Å²) in [6, 6.07) is 11.4. The van der Waals surface area contributed by atoms with Crippen LogP contribution < -0.4 is 16.6 Å². The molecule has 0 radical (unpaired) electrons. The van der Waals surface area contributed by atoms with Crippen molar-refractivity contribution in [3.8, 4) is 0 Å². The van der Waals surface area contributed by atoms with E-state index < -0.39 is 11.2 Å². The van der Waals surface area contributed by atoms with Crippen molar-refractivity contribution < 1.29 is 4.79 Å². The number of hydrogen-bond donors (Lipinski definition) is 1. The van der Waals surface area contributed by atoms with Crippen LogP contribution in [0.3, 0.4) is 0 Å². The van der Waals surface area contributed by atoms with Crippen molar-refractivity contribution in [2.45, 2.75) is 6.04 Å². The topological polar surface area (TPSA) is 89.2 Å². The Hall–Kier alpha value is -3.26. The first kappa shape index (κ1) is 19.5. The van der Waals surface area contributed by atoms with Gasteiger partial charge in [0.25, 0.3) is 11.5 Å². The maximum absolute atomic E-state index is 12.6. The summed E-state index contributed by atoms with van der Waals surface area (Å²) < 4.78 is 2.29. The fourth-order valence-electron chi connectivity index (χ4n) is 3.15. The SMILES string of the molecule is CN(C)C(CNC(=O)c1cnc2c(c1)c(=O)n(C)c(=O)n2C)c1ccccc1. The molecule has 3 rings (SSSR count). The van der Waals surface area contributed by atoms with Crippen molar-refractivity contribution in [2.75, 3.05) is 20.6 Å². The summed E-state index contributed by atoms with van der Waals surface area (Å²) in [7, 11) is 6.84. The summed E-state index contributed by atoms with van der Waals surface area (Å²) in [5, 5.41) is 3.13. The van der Waals surface area contributed by atoms with E-state index in [1.807, 2.05) is 49.3 Å². The lowest BCUT2D eigenvalue weighted by molar-refractivity contribution is 0.0941. The molecule has 0 saturated carbocycles. The molecule has 2 heterocycles. The Balaban J connectivity index is 1.87. The van der Waals surface area contributed by atoms with Gasteiger partial charge in [-0.2, -0.15) is 0 Å². The standard InChI is InChI=1S/C20H23N5O3/c1-23(2)16(13-8-6-5-7-9-13)12-22-18(26)14-10-15-17(21-11-14)24(3)20(28)25(4)19(15)27/h5-11,16H,12H2,1-4H3,(H,22,26). The van der Waals surface area contributed by atoms with Crippen molar-refractivity contribution in [1.29, 1.82) is 0 Å². The molecule has 0 saturated heterocycles. The molecular formula is C20H23N5O3. The van der Waals surface area contributed by atoms with Crippen molar-refractivity contribution in [3.63, 3.8) is 0 Å². The quantitative estimate of drug-likeness (QED) is 0.702.